The summed E-state index contributed by atoms with van der Waals surface area (Å²) in [5.74, 6) is 0. The molecule has 0 radical (unpaired) electrons. The molecule has 1 aliphatic heterocycles. The Bertz CT molecular complexity index is 551. The fraction of sp³-hybridized carbons (Fsp3) is 0.429. The number of aromatic nitrogens is 1. The molecule has 0 fully saturated rings. The smallest absolute Gasteiger partial charge is 0.0491 e. The molecular weight excluding hydrogens is 196 g/mol. The summed E-state index contributed by atoms with van der Waals surface area (Å²) in [6.07, 6.45) is 1.15. The molecule has 0 atom stereocenters. The second kappa shape index (κ2) is 3.36. The van der Waals surface area contributed by atoms with Gasteiger partial charge in [0.05, 0.1) is 0 Å². The summed E-state index contributed by atoms with van der Waals surface area (Å²) in [5, 5.41) is 1.46. The van der Waals surface area contributed by atoms with Gasteiger partial charge in [-0.15, -0.1) is 0 Å². The topological polar surface area (TPSA) is 19.0 Å². The van der Waals surface area contributed by atoms with Gasteiger partial charge in [-0.05, 0) is 37.6 Å². The zero-order valence-electron chi connectivity index (χ0n) is 10.2. The molecule has 2 heteroatoms. The monoisotopic (exact) mass is 214 g/mol. The number of fused-ring (bicyclic) bond motifs is 3. The largest absolute Gasteiger partial charge is 0.358 e. The van der Waals surface area contributed by atoms with Crippen LogP contribution in [0, 0.1) is 13.8 Å². The number of benzene rings is 1. The van der Waals surface area contributed by atoms with Crippen LogP contribution in [0.5, 0.6) is 0 Å². The van der Waals surface area contributed by atoms with Crippen LogP contribution in [-0.4, -0.2) is 23.5 Å². The van der Waals surface area contributed by atoms with Crippen LogP contribution in [-0.2, 0) is 13.0 Å². The first-order chi connectivity index (χ1) is 7.66. The molecule has 0 spiro atoms. The Morgan fingerprint density at radius 3 is 2.75 bits per heavy atom. The summed E-state index contributed by atoms with van der Waals surface area (Å²) in [5.41, 5.74) is 7.07. The van der Waals surface area contributed by atoms with Crippen LogP contribution in [0.1, 0.15) is 22.4 Å². The summed E-state index contributed by atoms with van der Waals surface area (Å²) in [6, 6.07) is 4.45. The number of hydrogen-bond donors (Lipinski definition) is 1. The van der Waals surface area contributed by atoms with Crippen molar-refractivity contribution in [2.24, 2.45) is 0 Å². The third-order valence-electron chi connectivity index (χ3n) is 3.74. The van der Waals surface area contributed by atoms with Crippen LogP contribution in [0.15, 0.2) is 12.1 Å². The van der Waals surface area contributed by atoms with E-state index in [1.54, 1.807) is 0 Å². The standard InChI is InChI=1S/C14H18N2/c1-9-4-5-10(2)14-13(9)11-8-16(3)7-6-12(11)15-14/h4-5,15H,6-8H2,1-3H3. The fourth-order valence-corrected chi connectivity index (χ4v) is 2.78. The molecule has 2 heterocycles. The first kappa shape index (κ1) is 9.91. The third kappa shape index (κ3) is 1.30. The van der Waals surface area contributed by atoms with E-state index in [2.05, 4.69) is 42.9 Å². The predicted octanol–water partition coefficient (Wildman–Crippen LogP) is 2.77. The third-order valence-corrected chi connectivity index (χ3v) is 3.74. The summed E-state index contributed by atoms with van der Waals surface area (Å²) in [4.78, 5) is 6.02. The maximum Gasteiger partial charge on any atom is 0.0491 e. The molecule has 1 N–H and O–H groups in total. The van der Waals surface area contributed by atoms with Crippen LogP contribution in [0.25, 0.3) is 10.9 Å². The van der Waals surface area contributed by atoms with Crippen LogP contribution in [0.4, 0.5) is 0 Å². The van der Waals surface area contributed by atoms with Crippen molar-refractivity contribution in [1.29, 1.82) is 0 Å². The SMILES string of the molecule is Cc1ccc(C)c2c3c([nH]c12)CCN(C)C3. The van der Waals surface area contributed by atoms with Crippen molar-refractivity contribution in [3.8, 4) is 0 Å². The highest BCUT2D eigenvalue weighted by Gasteiger charge is 2.19. The van der Waals surface area contributed by atoms with Gasteiger partial charge in [0.2, 0.25) is 0 Å². The minimum absolute atomic E-state index is 1.08. The van der Waals surface area contributed by atoms with Gasteiger partial charge in [-0.2, -0.15) is 0 Å². The number of aromatic amines is 1. The Kier molecular flexibility index (Phi) is 2.08. The maximum absolute atomic E-state index is 3.62. The van der Waals surface area contributed by atoms with E-state index in [-0.39, 0.29) is 0 Å². The molecule has 0 amide bonds. The molecular formula is C14H18N2. The van der Waals surface area contributed by atoms with Crippen LogP contribution in [0.2, 0.25) is 0 Å². The van der Waals surface area contributed by atoms with E-state index in [0.29, 0.717) is 0 Å². The van der Waals surface area contributed by atoms with Crippen molar-refractivity contribution < 1.29 is 0 Å². The molecule has 3 rings (SSSR count). The molecule has 0 unspecified atom stereocenters. The van der Waals surface area contributed by atoms with Gasteiger partial charge in [0.15, 0.2) is 0 Å². The van der Waals surface area contributed by atoms with E-state index in [1.165, 1.54) is 33.3 Å². The van der Waals surface area contributed by atoms with Gasteiger partial charge in [-0.25, -0.2) is 0 Å². The average molecular weight is 214 g/mol. The van der Waals surface area contributed by atoms with Crippen molar-refractivity contribution in [3.05, 3.63) is 34.5 Å². The van der Waals surface area contributed by atoms with Gasteiger partial charge in [0.25, 0.3) is 0 Å². The number of nitrogens with zero attached hydrogens (tertiary/aromatic N) is 1. The van der Waals surface area contributed by atoms with E-state index in [0.717, 1.165) is 19.5 Å². The molecule has 16 heavy (non-hydrogen) atoms. The van der Waals surface area contributed by atoms with Gasteiger partial charge in [-0.3, -0.25) is 0 Å². The quantitative estimate of drug-likeness (QED) is 0.714. The number of hydrogen-bond acceptors (Lipinski definition) is 1. The molecule has 0 bridgehead atoms. The number of nitrogens with one attached hydrogen (secondary N) is 1. The Balaban J connectivity index is 2.34. The van der Waals surface area contributed by atoms with Gasteiger partial charge in [-0.1, -0.05) is 12.1 Å². The Hall–Kier alpha value is -1.28. The van der Waals surface area contributed by atoms with Crippen LogP contribution < -0.4 is 0 Å². The molecule has 1 aromatic heterocycles. The van der Waals surface area contributed by atoms with Crippen molar-refractivity contribution in [2.75, 3.05) is 13.6 Å². The molecule has 84 valence electrons. The molecule has 0 aliphatic carbocycles. The normalized spacial score (nSPS) is 16.7. The zero-order valence-corrected chi connectivity index (χ0v) is 10.2. The maximum atomic E-state index is 3.62. The van der Waals surface area contributed by atoms with Crippen molar-refractivity contribution in [3.63, 3.8) is 0 Å². The molecule has 2 aromatic rings. The number of likely N-dealkylation sites (N-methyl/N-ethyl adjacent to an activating group) is 1. The first-order valence-corrected chi connectivity index (χ1v) is 5.95. The molecule has 2 nitrogen and oxygen atoms in total. The van der Waals surface area contributed by atoms with Crippen molar-refractivity contribution >= 4 is 10.9 Å². The second-order valence-electron chi connectivity index (χ2n) is 5.02. The Morgan fingerprint density at radius 1 is 1.19 bits per heavy atom. The van der Waals surface area contributed by atoms with Gasteiger partial charge < -0.3 is 9.88 Å². The number of aryl methyl sites for hydroxylation is 2. The van der Waals surface area contributed by atoms with E-state index < -0.39 is 0 Å². The summed E-state index contributed by atoms with van der Waals surface area (Å²) in [7, 11) is 2.20. The van der Waals surface area contributed by atoms with Crippen LogP contribution >= 0.6 is 0 Å². The van der Waals surface area contributed by atoms with Crippen LogP contribution in [0.3, 0.4) is 0 Å². The van der Waals surface area contributed by atoms with Gasteiger partial charge in [0, 0.05) is 36.1 Å². The lowest BCUT2D eigenvalue weighted by atomic mass is 10.00. The lowest BCUT2D eigenvalue weighted by Gasteiger charge is -2.22. The van der Waals surface area contributed by atoms with E-state index >= 15 is 0 Å². The first-order valence-electron chi connectivity index (χ1n) is 5.95. The lowest BCUT2D eigenvalue weighted by Crippen LogP contribution is -2.26. The fourth-order valence-electron chi connectivity index (χ4n) is 2.78. The second-order valence-corrected chi connectivity index (χ2v) is 5.02. The zero-order chi connectivity index (χ0) is 11.3. The molecule has 1 aliphatic rings. The summed E-state index contributed by atoms with van der Waals surface area (Å²) in [6.45, 7) is 6.65. The predicted molar refractivity (Wildman–Crippen MR) is 67.8 cm³/mol. The van der Waals surface area contributed by atoms with E-state index in [9.17, 15) is 0 Å². The Morgan fingerprint density at radius 2 is 1.94 bits per heavy atom. The lowest BCUT2D eigenvalue weighted by molar-refractivity contribution is 0.313. The Labute approximate surface area is 96.3 Å². The van der Waals surface area contributed by atoms with E-state index in [4.69, 9.17) is 0 Å². The molecule has 0 saturated heterocycles. The van der Waals surface area contributed by atoms with Gasteiger partial charge >= 0.3 is 0 Å². The van der Waals surface area contributed by atoms with E-state index in [1.807, 2.05) is 0 Å². The minimum atomic E-state index is 1.08. The van der Waals surface area contributed by atoms with Crippen molar-refractivity contribution in [2.45, 2.75) is 26.8 Å². The summed E-state index contributed by atoms with van der Waals surface area (Å²) >= 11 is 0. The summed E-state index contributed by atoms with van der Waals surface area (Å²) < 4.78 is 0. The molecule has 0 saturated carbocycles. The highest BCUT2D eigenvalue weighted by molar-refractivity contribution is 5.90. The highest BCUT2D eigenvalue weighted by Crippen LogP contribution is 2.31. The minimum Gasteiger partial charge on any atom is -0.358 e. The number of rotatable bonds is 0. The average Bonchev–Trinajstić information content (AvgIpc) is 2.63. The highest BCUT2D eigenvalue weighted by atomic mass is 15.1. The number of H-pyrrole nitrogens is 1. The molecule has 1 aromatic carbocycles. The van der Waals surface area contributed by atoms with Gasteiger partial charge in [0.1, 0.15) is 0 Å². The van der Waals surface area contributed by atoms with Crippen molar-refractivity contribution in [1.82, 2.24) is 9.88 Å².